The monoisotopic (exact) mass is 329 g/mol. The summed E-state index contributed by atoms with van der Waals surface area (Å²) in [5, 5.41) is 3.25. The lowest BCUT2D eigenvalue weighted by molar-refractivity contribution is -0.686. The predicted molar refractivity (Wildman–Crippen MR) is 96.5 cm³/mol. The molecule has 1 aliphatic heterocycles. The van der Waals surface area contributed by atoms with Gasteiger partial charge >= 0.3 is 5.97 Å². The highest BCUT2D eigenvalue weighted by Crippen LogP contribution is 2.33. The molecule has 0 aliphatic carbocycles. The second-order valence-corrected chi connectivity index (χ2v) is 6.43. The van der Waals surface area contributed by atoms with E-state index in [1.54, 1.807) is 0 Å². The number of hydrogen-bond acceptors (Lipinski definition) is 2. The van der Waals surface area contributed by atoms with Gasteiger partial charge in [-0.25, -0.2) is 4.79 Å². The average Bonchev–Trinajstić information content (AvgIpc) is 3.04. The number of rotatable bonds is 1. The van der Waals surface area contributed by atoms with Crippen LogP contribution in [0.5, 0.6) is 0 Å². The summed E-state index contributed by atoms with van der Waals surface area (Å²) in [4.78, 5) is 15.7. The number of carbonyl (C=O) groups excluding carboxylic acids is 1. The Balaban J connectivity index is 1.82. The highest BCUT2D eigenvalue weighted by Gasteiger charge is 2.28. The molecule has 0 bridgehead atoms. The lowest BCUT2D eigenvalue weighted by Gasteiger charge is -2.13. The maximum absolute atomic E-state index is 12.1. The van der Waals surface area contributed by atoms with Crippen LogP contribution in [-0.4, -0.2) is 18.1 Å². The number of nitrogens with one attached hydrogen (secondary N) is 1. The minimum Gasteiger partial charge on any atom is -0.465 e. The molecule has 1 aliphatic rings. The van der Waals surface area contributed by atoms with Gasteiger partial charge in [0.1, 0.15) is 5.69 Å². The molecular formula is C21H17N2O2+. The number of carbonyl (C=O) groups is 1. The molecule has 1 N–H and O–H groups in total. The van der Waals surface area contributed by atoms with E-state index >= 15 is 0 Å². The molecule has 3 heterocycles. The third-order valence-electron chi connectivity index (χ3n) is 5.10. The van der Waals surface area contributed by atoms with Crippen LogP contribution in [0.15, 0.2) is 54.7 Å². The second-order valence-electron chi connectivity index (χ2n) is 6.43. The van der Waals surface area contributed by atoms with Crippen molar-refractivity contribution in [3.8, 4) is 11.4 Å². The van der Waals surface area contributed by atoms with Gasteiger partial charge < -0.3 is 9.72 Å². The lowest BCUT2D eigenvalue weighted by Crippen LogP contribution is -2.40. The summed E-state index contributed by atoms with van der Waals surface area (Å²) in [6.45, 7) is 0.933. The molecule has 4 heteroatoms. The Bertz CT molecular complexity index is 1160. The predicted octanol–water partition coefficient (Wildman–Crippen LogP) is 3.62. The standard InChI is InChI=1S/C21H16N2O2/c1-25-21(24)16-7-4-5-13-12-23-10-9-15-14-6-2-3-8-18(14)22-20(15)19(23)11-17(13)16/h2-8,11-12H,9-10H2,1H3/p+1. The van der Waals surface area contributed by atoms with E-state index in [-0.39, 0.29) is 5.97 Å². The number of ether oxygens (including phenoxy) is 1. The number of aromatic amines is 1. The fourth-order valence-electron chi connectivity index (χ4n) is 3.91. The molecule has 0 atom stereocenters. The van der Waals surface area contributed by atoms with Crippen LogP contribution in [0.25, 0.3) is 33.1 Å². The van der Waals surface area contributed by atoms with Gasteiger partial charge in [-0.15, -0.1) is 0 Å². The number of H-pyrrole nitrogens is 1. The van der Waals surface area contributed by atoms with Crippen molar-refractivity contribution in [3.63, 3.8) is 0 Å². The molecular weight excluding hydrogens is 312 g/mol. The zero-order valence-corrected chi connectivity index (χ0v) is 13.9. The molecule has 2 aromatic heterocycles. The van der Waals surface area contributed by atoms with Gasteiger partial charge in [0.25, 0.3) is 0 Å². The second kappa shape index (κ2) is 5.18. The Morgan fingerprint density at radius 1 is 1.12 bits per heavy atom. The van der Waals surface area contributed by atoms with Crippen LogP contribution < -0.4 is 4.57 Å². The van der Waals surface area contributed by atoms with E-state index < -0.39 is 0 Å². The number of methoxy groups -OCH3 is 1. The lowest BCUT2D eigenvalue weighted by atomic mass is 9.98. The van der Waals surface area contributed by atoms with Crippen LogP contribution >= 0.6 is 0 Å². The van der Waals surface area contributed by atoms with Gasteiger partial charge in [-0.05, 0) is 23.8 Å². The highest BCUT2D eigenvalue weighted by molar-refractivity contribution is 6.05. The third kappa shape index (κ3) is 2.00. The molecule has 0 spiro atoms. The minimum atomic E-state index is -0.303. The quantitative estimate of drug-likeness (QED) is 0.428. The topological polar surface area (TPSA) is 46.0 Å². The summed E-state index contributed by atoms with van der Waals surface area (Å²) in [5.41, 5.74) is 5.37. The van der Waals surface area contributed by atoms with Crippen LogP contribution in [0.1, 0.15) is 15.9 Å². The van der Waals surface area contributed by atoms with Crippen LogP contribution in [0.4, 0.5) is 0 Å². The van der Waals surface area contributed by atoms with Crippen molar-refractivity contribution in [3.05, 3.63) is 65.9 Å². The summed E-state index contributed by atoms with van der Waals surface area (Å²) in [7, 11) is 1.42. The smallest absolute Gasteiger partial charge is 0.338 e. The van der Waals surface area contributed by atoms with Crippen molar-refractivity contribution in [2.24, 2.45) is 0 Å². The van der Waals surface area contributed by atoms with Gasteiger partial charge in [0.15, 0.2) is 12.7 Å². The fourth-order valence-corrected chi connectivity index (χ4v) is 3.91. The maximum atomic E-state index is 12.1. The zero-order valence-electron chi connectivity index (χ0n) is 13.9. The molecule has 2 aromatic carbocycles. The Kier molecular flexibility index (Phi) is 2.95. The average molecular weight is 329 g/mol. The minimum absolute atomic E-state index is 0.303. The number of aryl methyl sites for hydroxylation is 2. The van der Waals surface area contributed by atoms with Crippen LogP contribution in [0, 0.1) is 0 Å². The number of aromatic nitrogens is 2. The Morgan fingerprint density at radius 3 is 2.88 bits per heavy atom. The van der Waals surface area contributed by atoms with Crippen molar-refractivity contribution < 1.29 is 14.1 Å². The van der Waals surface area contributed by atoms with Crippen molar-refractivity contribution in [1.82, 2.24) is 4.98 Å². The number of benzene rings is 2. The van der Waals surface area contributed by atoms with E-state index in [9.17, 15) is 4.79 Å². The maximum Gasteiger partial charge on any atom is 0.338 e. The Hall–Kier alpha value is -3.14. The fraction of sp³-hybridized carbons (Fsp3) is 0.143. The highest BCUT2D eigenvalue weighted by atomic mass is 16.5. The van der Waals surface area contributed by atoms with Gasteiger partial charge in [-0.2, -0.15) is 4.57 Å². The molecule has 0 fully saturated rings. The molecule has 5 rings (SSSR count). The van der Waals surface area contributed by atoms with Gasteiger partial charge in [0.05, 0.1) is 12.7 Å². The molecule has 4 nitrogen and oxygen atoms in total. The molecule has 0 unspecified atom stereocenters. The van der Waals surface area contributed by atoms with Gasteiger partial charge in [-0.1, -0.05) is 24.3 Å². The van der Waals surface area contributed by atoms with E-state index in [0.717, 1.165) is 40.6 Å². The molecule has 25 heavy (non-hydrogen) atoms. The summed E-state index contributed by atoms with van der Waals surface area (Å²) < 4.78 is 7.22. The normalized spacial score (nSPS) is 12.8. The number of para-hydroxylation sites is 1. The first-order valence-electron chi connectivity index (χ1n) is 8.41. The zero-order chi connectivity index (χ0) is 17.0. The summed E-state index contributed by atoms with van der Waals surface area (Å²) in [6.07, 6.45) is 3.13. The Morgan fingerprint density at radius 2 is 2.00 bits per heavy atom. The van der Waals surface area contributed by atoms with Gasteiger partial charge in [-0.3, -0.25) is 0 Å². The van der Waals surface area contributed by atoms with E-state index in [1.165, 1.54) is 18.1 Å². The van der Waals surface area contributed by atoms with Gasteiger partial charge in [0, 0.05) is 34.2 Å². The van der Waals surface area contributed by atoms with Crippen molar-refractivity contribution in [1.29, 1.82) is 0 Å². The largest absolute Gasteiger partial charge is 0.465 e. The number of hydrogen-bond donors (Lipinski definition) is 1. The molecule has 122 valence electrons. The first-order chi connectivity index (χ1) is 12.3. The van der Waals surface area contributed by atoms with E-state index in [1.807, 2.05) is 24.3 Å². The van der Waals surface area contributed by atoms with Gasteiger partial charge in [0.2, 0.25) is 5.69 Å². The first kappa shape index (κ1) is 14.2. The first-order valence-corrected chi connectivity index (χ1v) is 8.41. The van der Waals surface area contributed by atoms with E-state index in [4.69, 9.17) is 4.74 Å². The molecule has 0 saturated heterocycles. The molecule has 4 aromatic rings. The van der Waals surface area contributed by atoms with Crippen LogP contribution in [-0.2, 0) is 17.7 Å². The number of fused-ring (bicyclic) bond motifs is 6. The molecule has 0 amide bonds. The SMILES string of the molecule is COC(=O)c1cccc2c[n+]3c(cc12)-c1[nH]c2ccccc2c1CC3. The Labute approximate surface area is 144 Å². The van der Waals surface area contributed by atoms with Crippen LogP contribution in [0.2, 0.25) is 0 Å². The number of pyridine rings is 1. The summed E-state index contributed by atoms with van der Waals surface area (Å²) in [5.74, 6) is -0.303. The van der Waals surface area contributed by atoms with Crippen molar-refractivity contribution in [2.75, 3.05) is 7.11 Å². The van der Waals surface area contributed by atoms with Crippen LogP contribution in [0.3, 0.4) is 0 Å². The number of esters is 1. The van der Waals surface area contributed by atoms with Crippen molar-refractivity contribution >= 4 is 27.6 Å². The summed E-state index contributed by atoms with van der Waals surface area (Å²) in [6, 6.07) is 16.3. The van der Waals surface area contributed by atoms with E-state index in [0.29, 0.717) is 5.56 Å². The molecule has 0 radical (unpaired) electrons. The van der Waals surface area contributed by atoms with Crippen molar-refractivity contribution in [2.45, 2.75) is 13.0 Å². The summed E-state index contributed by atoms with van der Waals surface area (Å²) >= 11 is 0. The molecule has 0 saturated carbocycles. The third-order valence-corrected chi connectivity index (χ3v) is 5.10. The van der Waals surface area contributed by atoms with E-state index in [2.05, 4.69) is 40.0 Å². The number of nitrogens with zero attached hydrogens (tertiary/aromatic N) is 1.